The smallest absolute Gasteiger partial charge is 0.342 e. The Labute approximate surface area is 112 Å². The molecule has 0 N–H and O–H groups in total. The Kier molecular flexibility index (Phi) is 4.18. The van der Waals surface area contributed by atoms with Gasteiger partial charge in [-0.15, -0.1) is 0 Å². The van der Waals surface area contributed by atoms with Gasteiger partial charge in [0, 0.05) is 0 Å². The minimum atomic E-state index is -0.362. The van der Waals surface area contributed by atoms with Gasteiger partial charge in [-0.2, -0.15) is 0 Å². The number of esters is 1. The van der Waals surface area contributed by atoms with E-state index in [1.54, 1.807) is 20.1 Å². The number of carbonyl (C=O) groups excluding carboxylic acids is 1. The molecule has 19 heavy (non-hydrogen) atoms. The second-order valence-electron chi connectivity index (χ2n) is 3.97. The first-order valence-electron chi connectivity index (χ1n) is 6.17. The highest BCUT2D eigenvalue weighted by atomic mass is 16.5. The second kappa shape index (κ2) is 6.05. The topological polar surface area (TPSA) is 35.5 Å². The Hall–Kier alpha value is -2.29. The van der Waals surface area contributed by atoms with Crippen LogP contribution >= 0.6 is 0 Å². The van der Waals surface area contributed by atoms with Crippen LogP contribution in [0.1, 0.15) is 17.3 Å². The third kappa shape index (κ3) is 2.76. The molecule has 0 aliphatic heterocycles. The molecule has 0 atom stereocenters. The van der Waals surface area contributed by atoms with E-state index in [1.165, 1.54) is 0 Å². The lowest BCUT2D eigenvalue weighted by Gasteiger charge is -2.13. The maximum absolute atomic E-state index is 12.1. The van der Waals surface area contributed by atoms with Crippen molar-refractivity contribution in [2.45, 2.75) is 6.92 Å². The summed E-state index contributed by atoms with van der Waals surface area (Å²) in [6.07, 6.45) is 0. The molecule has 3 heteroatoms. The van der Waals surface area contributed by atoms with Crippen LogP contribution in [-0.4, -0.2) is 19.7 Å². The van der Waals surface area contributed by atoms with Crippen molar-refractivity contribution in [3.05, 3.63) is 54.1 Å². The van der Waals surface area contributed by atoms with Crippen LogP contribution in [0.25, 0.3) is 11.1 Å². The number of hydrogen-bond acceptors (Lipinski definition) is 3. The summed E-state index contributed by atoms with van der Waals surface area (Å²) < 4.78 is 10.4. The molecule has 3 nitrogen and oxygen atoms in total. The highest BCUT2D eigenvalue weighted by Gasteiger charge is 2.19. The van der Waals surface area contributed by atoms with Crippen molar-refractivity contribution in [3.63, 3.8) is 0 Å². The van der Waals surface area contributed by atoms with Crippen molar-refractivity contribution in [2.24, 2.45) is 0 Å². The van der Waals surface area contributed by atoms with Crippen molar-refractivity contribution in [1.29, 1.82) is 0 Å². The van der Waals surface area contributed by atoms with E-state index in [0.717, 1.165) is 11.1 Å². The van der Waals surface area contributed by atoms with Crippen LogP contribution in [0.2, 0.25) is 0 Å². The molecule has 0 amide bonds. The van der Waals surface area contributed by atoms with E-state index in [4.69, 9.17) is 9.47 Å². The van der Waals surface area contributed by atoms with E-state index in [-0.39, 0.29) is 5.97 Å². The highest BCUT2D eigenvalue weighted by molar-refractivity contribution is 6.00. The van der Waals surface area contributed by atoms with Gasteiger partial charge in [0.25, 0.3) is 0 Å². The van der Waals surface area contributed by atoms with Gasteiger partial charge in [-0.3, -0.25) is 0 Å². The molecule has 0 radical (unpaired) electrons. The fourth-order valence-corrected chi connectivity index (χ4v) is 1.97. The van der Waals surface area contributed by atoms with Crippen LogP contribution in [0, 0.1) is 0 Å². The Balaban J connectivity index is 2.57. The normalized spacial score (nSPS) is 10.0. The van der Waals surface area contributed by atoms with Crippen molar-refractivity contribution in [3.8, 4) is 16.9 Å². The molecule has 0 heterocycles. The SMILES string of the molecule is CCOC(=O)c1c(OC)cccc1-c1ccccc1. The Morgan fingerprint density at radius 2 is 1.79 bits per heavy atom. The van der Waals surface area contributed by atoms with Gasteiger partial charge >= 0.3 is 5.97 Å². The van der Waals surface area contributed by atoms with Gasteiger partial charge in [0.15, 0.2) is 0 Å². The standard InChI is InChI=1S/C16H16O3/c1-3-19-16(17)15-13(10-7-11-14(15)18-2)12-8-5-4-6-9-12/h4-11H,3H2,1-2H3. The molecule has 0 fully saturated rings. The summed E-state index contributed by atoms with van der Waals surface area (Å²) in [5.41, 5.74) is 2.25. The molecular weight excluding hydrogens is 240 g/mol. The molecule has 0 spiro atoms. The molecule has 0 aromatic heterocycles. The van der Waals surface area contributed by atoms with E-state index >= 15 is 0 Å². The zero-order valence-corrected chi connectivity index (χ0v) is 11.1. The number of carbonyl (C=O) groups is 1. The quantitative estimate of drug-likeness (QED) is 0.785. The maximum atomic E-state index is 12.1. The third-order valence-corrected chi connectivity index (χ3v) is 2.81. The fourth-order valence-electron chi connectivity index (χ4n) is 1.97. The zero-order valence-electron chi connectivity index (χ0n) is 11.1. The first-order valence-corrected chi connectivity index (χ1v) is 6.17. The van der Waals surface area contributed by atoms with Gasteiger partial charge in [-0.1, -0.05) is 42.5 Å². The van der Waals surface area contributed by atoms with Crippen LogP contribution in [0.5, 0.6) is 5.75 Å². The van der Waals surface area contributed by atoms with Gasteiger partial charge in [-0.25, -0.2) is 4.79 Å². The molecule has 0 aliphatic carbocycles. The Bertz CT molecular complexity index is 561. The van der Waals surface area contributed by atoms with E-state index in [9.17, 15) is 4.79 Å². The largest absolute Gasteiger partial charge is 0.496 e. The van der Waals surface area contributed by atoms with Gasteiger partial charge in [-0.05, 0) is 24.1 Å². The van der Waals surface area contributed by atoms with Gasteiger partial charge in [0.2, 0.25) is 0 Å². The molecule has 2 rings (SSSR count). The first-order chi connectivity index (χ1) is 9.27. The van der Waals surface area contributed by atoms with Crippen LogP contribution < -0.4 is 4.74 Å². The van der Waals surface area contributed by atoms with E-state index in [2.05, 4.69) is 0 Å². The first kappa shape index (κ1) is 13.1. The molecule has 2 aromatic carbocycles. The summed E-state index contributed by atoms with van der Waals surface area (Å²) in [5.74, 6) is 0.165. The molecular formula is C16H16O3. The third-order valence-electron chi connectivity index (χ3n) is 2.81. The summed E-state index contributed by atoms with van der Waals surface area (Å²) in [6.45, 7) is 2.13. The van der Waals surface area contributed by atoms with Crippen LogP contribution in [0.15, 0.2) is 48.5 Å². The summed E-state index contributed by atoms with van der Waals surface area (Å²) in [6, 6.07) is 15.2. The predicted molar refractivity (Wildman–Crippen MR) is 74.4 cm³/mol. The summed E-state index contributed by atoms with van der Waals surface area (Å²) in [4.78, 5) is 12.1. The predicted octanol–water partition coefficient (Wildman–Crippen LogP) is 3.54. The summed E-state index contributed by atoms with van der Waals surface area (Å²) in [5, 5.41) is 0. The lowest BCUT2D eigenvalue weighted by Crippen LogP contribution is -2.08. The van der Waals surface area contributed by atoms with E-state index < -0.39 is 0 Å². The lowest BCUT2D eigenvalue weighted by atomic mass is 9.99. The Morgan fingerprint density at radius 1 is 1.05 bits per heavy atom. The van der Waals surface area contributed by atoms with E-state index in [0.29, 0.717) is 17.9 Å². The summed E-state index contributed by atoms with van der Waals surface area (Å²) in [7, 11) is 1.55. The van der Waals surface area contributed by atoms with Crippen LogP contribution in [0.3, 0.4) is 0 Å². The van der Waals surface area contributed by atoms with Gasteiger partial charge in [0.05, 0.1) is 13.7 Å². The fraction of sp³-hybridized carbons (Fsp3) is 0.188. The monoisotopic (exact) mass is 256 g/mol. The lowest BCUT2D eigenvalue weighted by molar-refractivity contribution is 0.0523. The van der Waals surface area contributed by atoms with Gasteiger partial charge in [0.1, 0.15) is 11.3 Å². The van der Waals surface area contributed by atoms with Crippen LogP contribution in [0.4, 0.5) is 0 Å². The molecule has 0 aliphatic rings. The Morgan fingerprint density at radius 3 is 2.42 bits per heavy atom. The average molecular weight is 256 g/mol. The van der Waals surface area contributed by atoms with Crippen molar-refractivity contribution in [2.75, 3.05) is 13.7 Å². The maximum Gasteiger partial charge on any atom is 0.342 e. The molecule has 0 unspecified atom stereocenters. The zero-order chi connectivity index (χ0) is 13.7. The van der Waals surface area contributed by atoms with E-state index in [1.807, 2.05) is 42.5 Å². The summed E-state index contributed by atoms with van der Waals surface area (Å²) >= 11 is 0. The van der Waals surface area contributed by atoms with Crippen molar-refractivity contribution in [1.82, 2.24) is 0 Å². The van der Waals surface area contributed by atoms with Crippen molar-refractivity contribution >= 4 is 5.97 Å². The molecule has 0 saturated heterocycles. The molecule has 0 bridgehead atoms. The minimum absolute atomic E-state index is 0.338. The number of methoxy groups -OCH3 is 1. The molecule has 98 valence electrons. The molecule has 2 aromatic rings. The number of hydrogen-bond donors (Lipinski definition) is 0. The van der Waals surface area contributed by atoms with Gasteiger partial charge < -0.3 is 9.47 Å². The number of benzene rings is 2. The second-order valence-corrected chi connectivity index (χ2v) is 3.97. The van der Waals surface area contributed by atoms with Crippen LogP contribution in [-0.2, 0) is 4.74 Å². The average Bonchev–Trinajstić information content (AvgIpc) is 2.47. The number of ether oxygens (including phenoxy) is 2. The van der Waals surface area contributed by atoms with Crippen molar-refractivity contribution < 1.29 is 14.3 Å². The highest BCUT2D eigenvalue weighted by Crippen LogP contribution is 2.31. The minimum Gasteiger partial charge on any atom is -0.496 e. The number of rotatable bonds is 4. The molecule has 0 saturated carbocycles.